The number of hydrogen-bond donors (Lipinski definition) is 1. The molecule has 0 saturated carbocycles. The Morgan fingerprint density at radius 1 is 1.00 bits per heavy atom. The van der Waals surface area contributed by atoms with Gasteiger partial charge in [-0.2, -0.15) is 18.3 Å². The zero-order valence-corrected chi connectivity index (χ0v) is 16.7. The number of para-hydroxylation sites is 1. The monoisotopic (exact) mass is 430 g/mol. The van der Waals surface area contributed by atoms with Crippen LogP contribution in [0.15, 0.2) is 53.6 Å². The molecule has 2 amide bonds. The summed E-state index contributed by atoms with van der Waals surface area (Å²) in [5, 5.41) is 7.95. The summed E-state index contributed by atoms with van der Waals surface area (Å²) in [6.45, 7) is 1.43. The van der Waals surface area contributed by atoms with E-state index in [-0.39, 0.29) is 30.1 Å². The lowest BCUT2D eigenvalue weighted by Gasteiger charge is -2.25. The van der Waals surface area contributed by atoms with Gasteiger partial charge in [-0.1, -0.05) is 18.2 Å². The molecule has 0 atom stereocenters. The fraction of sp³-hybridized carbons (Fsp3) is 0.318. The largest absolute Gasteiger partial charge is 0.416 e. The zero-order valence-electron chi connectivity index (χ0n) is 16.7. The first-order valence-corrected chi connectivity index (χ1v) is 10.1. The SMILES string of the molecule is O=C(Nc1cc(C(F)(F)F)ccc1N1CCCC1)C1=NN(c2ccccc2)C(=O)CC1. The van der Waals surface area contributed by atoms with Gasteiger partial charge in [0, 0.05) is 25.9 Å². The number of amides is 2. The van der Waals surface area contributed by atoms with Gasteiger partial charge in [-0.05, 0) is 43.2 Å². The van der Waals surface area contributed by atoms with Gasteiger partial charge in [-0.15, -0.1) is 0 Å². The Bertz CT molecular complexity index is 1020. The number of benzene rings is 2. The van der Waals surface area contributed by atoms with Crippen molar-refractivity contribution in [3.05, 3.63) is 54.1 Å². The first-order valence-electron chi connectivity index (χ1n) is 10.1. The van der Waals surface area contributed by atoms with Crippen LogP contribution in [0.5, 0.6) is 0 Å². The molecule has 6 nitrogen and oxygen atoms in total. The highest BCUT2D eigenvalue weighted by molar-refractivity contribution is 6.44. The van der Waals surface area contributed by atoms with Crippen LogP contribution in [0.2, 0.25) is 0 Å². The molecule has 9 heteroatoms. The normalized spacial score (nSPS) is 17.0. The standard InChI is InChI=1S/C22H21F3N4O2/c23-22(24,25)15-8-10-19(28-12-4-5-13-28)18(14-15)26-21(31)17-9-11-20(30)29(27-17)16-6-2-1-3-7-16/h1-3,6-8,10,14H,4-5,9,11-13H2,(H,26,31). The van der Waals surface area contributed by atoms with Crippen LogP contribution in [0.4, 0.5) is 30.2 Å². The molecule has 0 bridgehead atoms. The van der Waals surface area contributed by atoms with Crippen LogP contribution >= 0.6 is 0 Å². The second kappa shape index (κ2) is 8.41. The molecule has 162 valence electrons. The first-order chi connectivity index (χ1) is 14.8. The molecule has 0 spiro atoms. The molecule has 4 rings (SSSR count). The van der Waals surface area contributed by atoms with E-state index in [4.69, 9.17) is 0 Å². The average molecular weight is 430 g/mol. The van der Waals surface area contributed by atoms with E-state index in [1.54, 1.807) is 30.3 Å². The van der Waals surface area contributed by atoms with Gasteiger partial charge in [-0.25, -0.2) is 5.01 Å². The maximum Gasteiger partial charge on any atom is 0.416 e. The van der Waals surface area contributed by atoms with E-state index >= 15 is 0 Å². The Balaban J connectivity index is 1.63. The van der Waals surface area contributed by atoms with Crippen molar-refractivity contribution in [1.82, 2.24) is 0 Å². The molecule has 2 aromatic carbocycles. The highest BCUT2D eigenvalue weighted by Gasteiger charge is 2.32. The Labute approximate surface area is 177 Å². The smallest absolute Gasteiger partial charge is 0.370 e. The van der Waals surface area contributed by atoms with Crippen LogP contribution in [-0.4, -0.2) is 30.6 Å². The minimum atomic E-state index is -4.53. The molecule has 2 heterocycles. The molecule has 1 N–H and O–H groups in total. The number of carbonyl (C=O) groups is 2. The number of nitrogens with one attached hydrogen (secondary N) is 1. The number of nitrogens with zero attached hydrogens (tertiary/aromatic N) is 3. The van der Waals surface area contributed by atoms with Crippen molar-refractivity contribution in [1.29, 1.82) is 0 Å². The number of carbonyl (C=O) groups excluding carboxylic acids is 2. The first kappa shape index (κ1) is 20.9. The summed E-state index contributed by atoms with van der Waals surface area (Å²) >= 11 is 0. The summed E-state index contributed by atoms with van der Waals surface area (Å²) < 4.78 is 39.8. The van der Waals surface area contributed by atoms with Gasteiger partial charge in [0.15, 0.2) is 0 Å². The maximum absolute atomic E-state index is 13.3. The minimum absolute atomic E-state index is 0.0860. The van der Waals surface area contributed by atoms with Crippen molar-refractivity contribution < 1.29 is 22.8 Å². The van der Waals surface area contributed by atoms with E-state index in [1.807, 2.05) is 4.90 Å². The van der Waals surface area contributed by atoms with Gasteiger partial charge >= 0.3 is 6.18 Å². The van der Waals surface area contributed by atoms with Crippen molar-refractivity contribution in [2.75, 3.05) is 28.3 Å². The van der Waals surface area contributed by atoms with E-state index in [0.29, 0.717) is 24.5 Å². The lowest BCUT2D eigenvalue weighted by atomic mass is 10.1. The molecule has 2 aliphatic heterocycles. The van der Waals surface area contributed by atoms with Crippen LogP contribution in [0, 0.1) is 0 Å². The Kier molecular flexibility index (Phi) is 5.67. The third-order valence-corrected chi connectivity index (χ3v) is 5.31. The Hall–Kier alpha value is -3.36. The highest BCUT2D eigenvalue weighted by atomic mass is 19.4. The fourth-order valence-corrected chi connectivity index (χ4v) is 3.73. The second-order valence-electron chi connectivity index (χ2n) is 7.47. The summed E-state index contributed by atoms with van der Waals surface area (Å²) in [5.41, 5.74) is 0.416. The number of anilines is 3. The van der Waals surface area contributed by atoms with Crippen molar-refractivity contribution in [2.45, 2.75) is 31.9 Å². The van der Waals surface area contributed by atoms with E-state index < -0.39 is 17.6 Å². The number of hydrogen-bond acceptors (Lipinski definition) is 4. The molecule has 1 saturated heterocycles. The van der Waals surface area contributed by atoms with Crippen molar-refractivity contribution in [2.24, 2.45) is 5.10 Å². The van der Waals surface area contributed by atoms with Gasteiger partial charge in [0.2, 0.25) is 5.91 Å². The summed E-state index contributed by atoms with van der Waals surface area (Å²) in [7, 11) is 0. The van der Waals surface area contributed by atoms with Gasteiger partial charge in [-0.3, -0.25) is 9.59 Å². The van der Waals surface area contributed by atoms with Crippen molar-refractivity contribution in [3.63, 3.8) is 0 Å². The van der Waals surface area contributed by atoms with E-state index in [0.717, 1.165) is 30.0 Å². The van der Waals surface area contributed by atoms with E-state index in [2.05, 4.69) is 10.4 Å². The molecule has 2 aromatic rings. The lowest BCUT2D eigenvalue weighted by molar-refractivity contribution is -0.137. The van der Waals surface area contributed by atoms with Crippen LogP contribution in [0.3, 0.4) is 0 Å². The predicted molar refractivity (Wildman–Crippen MR) is 112 cm³/mol. The molecule has 0 radical (unpaired) electrons. The van der Waals surface area contributed by atoms with Crippen LogP contribution in [0.25, 0.3) is 0 Å². The summed E-state index contributed by atoms with van der Waals surface area (Å²) in [5.74, 6) is -0.868. The summed E-state index contributed by atoms with van der Waals surface area (Å²) in [6, 6.07) is 12.1. The van der Waals surface area contributed by atoms with Gasteiger partial charge in [0.1, 0.15) is 5.71 Å². The van der Waals surface area contributed by atoms with Crippen molar-refractivity contribution in [3.8, 4) is 0 Å². The highest BCUT2D eigenvalue weighted by Crippen LogP contribution is 2.36. The molecule has 1 fully saturated rings. The van der Waals surface area contributed by atoms with Crippen LogP contribution in [-0.2, 0) is 15.8 Å². The summed E-state index contributed by atoms with van der Waals surface area (Å²) in [6.07, 6.45) is -2.44. The molecular formula is C22H21F3N4O2. The Morgan fingerprint density at radius 2 is 1.71 bits per heavy atom. The number of rotatable bonds is 4. The van der Waals surface area contributed by atoms with Gasteiger partial charge < -0.3 is 10.2 Å². The quantitative estimate of drug-likeness (QED) is 0.781. The second-order valence-corrected chi connectivity index (χ2v) is 7.47. The Morgan fingerprint density at radius 3 is 2.39 bits per heavy atom. The third-order valence-electron chi connectivity index (χ3n) is 5.31. The maximum atomic E-state index is 13.3. The molecular weight excluding hydrogens is 409 g/mol. The fourth-order valence-electron chi connectivity index (χ4n) is 3.73. The van der Waals surface area contributed by atoms with Crippen LogP contribution < -0.4 is 15.2 Å². The van der Waals surface area contributed by atoms with Crippen LogP contribution in [0.1, 0.15) is 31.2 Å². The number of hydrazone groups is 1. The summed E-state index contributed by atoms with van der Waals surface area (Å²) in [4.78, 5) is 27.1. The predicted octanol–water partition coefficient (Wildman–Crippen LogP) is 4.43. The zero-order chi connectivity index (χ0) is 22.0. The number of alkyl halides is 3. The third kappa shape index (κ3) is 4.55. The molecule has 0 unspecified atom stereocenters. The topological polar surface area (TPSA) is 65.0 Å². The molecule has 0 aliphatic carbocycles. The van der Waals surface area contributed by atoms with Gasteiger partial charge in [0.25, 0.3) is 5.91 Å². The lowest BCUT2D eigenvalue weighted by Crippen LogP contribution is -2.36. The van der Waals surface area contributed by atoms with Crippen molar-refractivity contribution >= 4 is 34.6 Å². The van der Waals surface area contributed by atoms with E-state index in [9.17, 15) is 22.8 Å². The molecule has 31 heavy (non-hydrogen) atoms. The van der Waals surface area contributed by atoms with E-state index in [1.165, 1.54) is 6.07 Å². The molecule has 0 aromatic heterocycles. The van der Waals surface area contributed by atoms with Gasteiger partial charge in [0.05, 0.1) is 22.6 Å². The molecule has 2 aliphatic rings. The minimum Gasteiger partial charge on any atom is -0.370 e. The average Bonchev–Trinajstić information content (AvgIpc) is 3.28. The number of halogens is 3.